The van der Waals surface area contributed by atoms with Gasteiger partial charge in [0.2, 0.25) is 5.13 Å². The summed E-state index contributed by atoms with van der Waals surface area (Å²) >= 11 is 1.29. The zero-order chi connectivity index (χ0) is 13.5. The van der Waals surface area contributed by atoms with Crippen LogP contribution in [-0.2, 0) is 4.74 Å². The normalized spacial score (nSPS) is 23.0. The van der Waals surface area contributed by atoms with Crippen LogP contribution in [-0.4, -0.2) is 35.5 Å². The van der Waals surface area contributed by atoms with E-state index in [2.05, 4.69) is 27.8 Å². The molecule has 1 aliphatic rings. The molecule has 0 radical (unpaired) electrons. The molecule has 1 aromatic heterocycles. The number of nitrogens with one attached hydrogen (secondary N) is 2. The van der Waals surface area contributed by atoms with Crippen LogP contribution in [0.1, 0.15) is 32.6 Å². The van der Waals surface area contributed by atoms with E-state index in [1.165, 1.54) is 30.6 Å². The first kappa shape index (κ1) is 14.2. The van der Waals surface area contributed by atoms with E-state index in [0.717, 1.165) is 6.42 Å². The summed E-state index contributed by atoms with van der Waals surface area (Å²) in [6.45, 7) is 3.30. The second kappa shape index (κ2) is 7.40. The van der Waals surface area contributed by atoms with Crippen molar-refractivity contribution in [2.24, 2.45) is 5.92 Å². The minimum Gasteiger partial charge on any atom is -0.376 e. The van der Waals surface area contributed by atoms with Crippen molar-refractivity contribution >= 4 is 22.5 Å². The molecule has 0 saturated heterocycles. The van der Waals surface area contributed by atoms with Gasteiger partial charge >= 0.3 is 6.03 Å². The summed E-state index contributed by atoms with van der Waals surface area (Å²) in [5.41, 5.74) is 1.57. The lowest BCUT2D eigenvalue weighted by Gasteiger charge is -2.28. The van der Waals surface area contributed by atoms with Crippen LogP contribution in [0.4, 0.5) is 9.93 Å². The second-order valence-corrected chi connectivity index (χ2v) is 5.63. The van der Waals surface area contributed by atoms with E-state index in [1.54, 1.807) is 5.51 Å². The Bertz CT molecular complexity index is 385. The number of ether oxygens (including phenoxy) is 1. The molecule has 0 spiro atoms. The number of hydrogen-bond donors (Lipinski definition) is 2. The molecule has 0 bridgehead atoms. The first-order valence-electron chi connectivity index (χ1n) is 6.68. The highest BCUT2D eigenvalue weighted by Crippen LogP contribution is 2.25. The Morgan fingerprint density at radius 3 is 3.11 bits per heavy atom. The summed E-state index contributed by atoms with van der Waals surface area (Å²) in [6.07, 6.45) is 5.29. The summed E-state index contributed by atoms with van der Waals surface area (Å²) in [5, 5.41) is 13.2. The molecule has 2 rings (SSSR count). The van der Waals surface area contributed by atoms with Crippen molar-refractivity contribution in [3.05, 3.63) is 5.51 Å². The van der Waals surface area contributed by atoms with Crippen molar-refractivity contribution in [1.29, 1.82) is 0 Å². The molecule has 1 fully saturated rings. The van der Waals surface area contributed by atoms with Crippen molar-refractivity contribution < 1.29 is 9.53 Å². The first-order valence-corrected chi connectivity index (χ1v) is 7.56. The fraction of sp³-hybridized carbons (Fsp3) is 0.750. The van der Waals surface area contributed by atoms with Crippen molar-refractivity contribution in [2.45, 2.75) is 38.7 Å². The molecule has 0 aliphatic heterocycles. The molecule has 1 aromatic rings. The lowest BCUT2D eigenvalue weighted by Crippen LogP contribution is -2.34. The molecule has 1 heterocycles. The van der Waals surface area contributed by atoms with Gasteiger partial charge in [0.05, 0.1) is 12.7 Å². The predicted molar refractivity (Wildman–Crippen MR) is 74.3 cm³/mol. The van der Waals surface area contributed by atoms with Gasteiger partial charge in [0, 0.05) is 6.54 Å². The molecule has 2 N–H and O–H groups in total. The minimum atomic E-state index is -0.267. The summed E-state index contributed by atoms with van der Waals surface area (Å²) in [7, 11) is 0. The zero-order valence-corrected chi connectivity index (χ0v) is 11.9. The number of urea groups is 1. The largest absolute Gasteiger partial charge is 0.376 e. The third kappa shape index (κ3) is 4.76. The molecule has 0 unspecified atom stereocenters. The molecule has 2 atom stereocenters. The second-order valence-electron chi connectivity index (χ2n) is 4.80. The highest BCUT2D eigenvalue weighted by Gasteiger charge is 2.21. The van der Waals surface area contributed by atoms with Gasteiger partial charge in [-0.2, -0.15) is 0 Å². The van der Waals surface area contributed by atoms with Crippen molar-refractivity contribution in [2.75, 3.05) is 18.5 Å². The molecule has 1 aliphatic carbocycles. The molecule has 6 nitrogen and oxygen atoms in total. The number of rotatable bonds is 5. The summed E-state index contributed by atoms with van der Waals surface area (Å²) in [5.74, 6) is 0.629. The number of amides is 2. The molecule has 2 amide bonds. The highest BCUT2D eigenvalue weighted by atomic mass is 32.1. The van der Waals surface area contributed by atoms with Gasteiger partial charge in [0.25, 0.3) is 0 Å². The number of hydrogen-bond acceptors (Lipinski definition) is 5. The quantitative estimate of drug-likeness (QED) is 0.813. The molecule has 7 heteroatoms. The average molecular weight is 284 g/mol. The monoisotopic (exact) mass is 284 g/mol. The van der Waals surface area contributed by atoms with E-state index >= 15 is 0 Å². The average Bonchev–Trinajstić information content (AvgIpc) is 2.89. The van der Waals surface area contributed by atoms with E-state index in [4.69, 9.17) is 4.74 Å². The molecule has 106 valence electrons. The highest BCUT2D eigenvalue weighted by molar-refractivity contribution is 7.13. The maximum absolute atomic E-state index is 11.5. The SMILES string of the molecule is C[C@H]1CCCC[C@H]1OCCNC(=O)Nc1nncs1. The van der Waals surface area contributed by atoms with Crippen molar-refractivity contribution in [3.63, 3.8) is 0 Å². The lowest BCUT2D eigenvalue weighted by molar-refractivity contribution is -0.00232. The van der Waals surface area contributed by atoms with Crippen LogP contribution in [0.25, 0.3) is 0 Å². The third-order valence-electron chi connectivity index (χ3n) is 3.33. The van der Waals surface area contributed by atoms with E-state index in [-0.39, 0.29) is 6.03 Å². The van der Waals surface area contributed by atoms with Crippen LogP contribution in [0.15, 0.2) is 5.51 Å². The van der Waals surface area contributed by atoms with Gasteiger partial charge in [-0.3, -0.25) is 5.32 Å². The van der Waals surface area contributed by atoms with Crippen molar-refractivity contribution in [1.82, 2.24) is 15.5 Å². The topological polar surface area (TPSA) is 76.1 Å². The fourth-order valence-corrected chi connectivity index (χ4v) is 2.71. The van der Waals surface area contributed by atoms with E-state index < -0.39 is 0 Å². The number of nitrogens with zero attached hydrogens (tertiary/aromatic N) is 2. The standard InChI is InChI=1S/C12H20N4O2S/c1-9-4-2-3-5-10(9)18-7-6-13-11(17)15-12-16-14-8-19-12/h8-10H,2-7H2,1H3,(H2,13,15,16,17)/t9-,10+/m0/s1. The van der Waals surface area contributed by atoms with Crippen molar-refractivity contribution in [3.8, 4) is 0 Å². The van der Waals surface area contributed by atoms with Crippen LogP contribution >= 0.6 is 11.3 Å². The van der Waals surface area contributed by atoms with Crippen LogP contribution in [0.5, 0.6) is 0 Å². The minimum absolute atomic E-state index is 0.267. The molecule has 1 saturated carbocycles. The Morgan fingerprint density at radius 1 is 1.53 bits per heavy atom. The lowest BCUT2D eigenvalue weighted by atomic mass is 9.88. The van der Waals surface area contributed by atoms with Crippen LogP contribution in [0, 0.1) is 5.92 Å². The van der Waals surface area contributed by atoms with Gasteiger partial charge in [0.15, 0.2) is 0 Å². The first-order chi connectivity index (χ1) is 9.25. The van der Waals surface area contributed by atoms with Gasteiger partial charge in [-0.1, -0.05) is 31.1 Å². The summed E-state index contributed by atoms with van der Waals surface area (Å²) < 4.78 is 5.81. The molecule has 0 aromatic carbocycles. The Morgan fingerprint density at radius 2 is 2.37 bits per heavy atom. The smallest absolute Gasteiger partial charge is 0.321 e. The Hall–Kier alpha value is -1.21. The van der Waals surface area contributed by atoms with Gasteiger partial charge in [-0.25, -0.2) is 4.79 Å². The number of anilines is 1. The van der Waals surface area contributed by atoms with Crippen LogP contribution in [0.3, 0.4) is 0 Å². The van der Waals surface area contributed by atoms with Crippen LogP contribution < -0.4 is 10.6 Å². The number of carbonyl (C=O) groups excluding carboxylic acids is 1. The van der Waals surface area contributed by atoms with Gasteiger partial charge in [-0.05, 0) is 18.8 Å². The third-order valence-corrected chi connectivity index (χ3v) is 3.94. The van der Waals surface area contributed by atoms with Gasteiger partial charge < -0.3 is 10.1 Å². The summed E-state index contributed by atoms with van der Waals surface area (Å²) in [6, 6.07) is -0.267. The predicted octanol–water partition coefficient (Wildman–Crippen LogP) is 2.25. The van der Waals surface area contributed by atoms with E-state index in [0.29, 0.717) is 30.3 Å². The van der Waals surface area contributed by atoms with Crippen LogP contribution in [0.2, 0.25) is 0 Å². The summed E-state index contributed by atoms with van der Waals surface area (Å²) in [4.78, 5) is 11.5. The molecular weight excluding hydrogens is 264 g/mol. The fourth-order valence-electron chi connectivity index (χ4n) is 2.27. The number of carbonyl (C=O) groups is 1. The number of aromatic nitrogens is 2. The molecule has 19 heavy (non-hydrogen) atoms. The van der Waals surface area contributed by atoms with Gasteiger partial charge in [0.1, 0.15) is 5.51 Å². The Kier molecular flexibility index (Phi) is 5.53. The molecular formula is C12H20N4O2S. The Labute approximate surface area is 116 Å². The van der Waals surface area contributed by atoms with E-state index in [9.17, 15) is 4.79 Å². The zero-order valence-electron chi connectivity index (χ0n) is 11.1. The maximum atomic E-state index is 11.5. The maximum Gasteiger partial charge on any atom is 0.321 e. The van der Waals surface area contributed by atoms with Gasteiger partial charge in [-0.15, -0.1) is 10.2 Å². The Balaban J connectivity index is 1.57. The van der Waals surface area contributed by atoms with E-state index in [1.807, 2.05) is 0 Å².